The summed E-state index contributed by atoms with van der Waals surface area (Å²) in [5, 5.41) is 7.53. The molecule has 30 heavy (non-hydrogen) atoms. The molecule has 0 saturated heterocycles. The number of nitrogens with one attached hydrogen (secondary N) is 1. The molecule has 8 heteroatoms. The highest BCUT2D eigenvalue weighted by Gasteiger charge is 2.21. The summed E-state index contributed by atoms with van der Waals surface area (Å²) in [7, 11) is 1.50. The third kappa shape index (κ3) is 4.02. The van der Waals surface area contributed by atoms with E-state index in [0.717, 1.165) is 11.1 Å². The second-order valence-electron chi connectivity index (χ2n) is 6.39. The maximum absolute atomic E-state index is 13.2. The second kappa shape index (κ2) is 8.52. The average Bonchev–Trinajstić information content (AvgIpc) is 3.23. The number of para-hydroxylation sites is 1. The molecule has 0 aliphatic heterocycles. The number of pyridine rings is 1. The molecule has 7 nitrogen and oxygen atoms in total. The molecule has 150 valence electrons. The number of carbonyl (C=O) groups is 1. The molecule has 0 saturated carbocycles. The number of benzene rings is 2. The highest BCUT2D eigenvalue weighted by molar-refractivity contribution is 5.99. The monoisotopic (exact) mass is 403 g/mol. The fourth-order valence-electron chi connectivity index (χ4n) is 2.91. The van der Waals surface area contributed by atoms with Gasteiger partial charge in [-0.2, -0.15) is 9.67 Å². The van der Waals surface area contributed by atoms with E-state index in [-0.39, 0.29) is 17.7 Å². The Morgan fingerprint density at radius 2 is 1.80 bits per heavy atom. The molecule has 1 N–H and O–H groups in total. The summed E-state index contributed by atoms with van der Waals surface area (Å²) < 4.78 is 19.7. The number of rotatable bonds is 6. The molecule has 0 amide bonds. The van der Waals surface area contributed by atoms with Crippen molar-refractivity contribution < 1.29 is 13.9 Å². The summed E-state index contributed by atoms with van der Waals surface area (Å²) in [5.74, 6) is 0.382. The van der Waals surface area contributed by atoms with E-state index < -0.39 is 0 Å². The van der Waals surface area contributed by atoms with Gasteiger partial charge in [-0.3, -0.25) is 9.78 Å². The van der Waals surface area contributed by atoms with Crippen LogP contribution in [-0.4, -0.2) is 32.8 Å². The van der Waals surface area contributed by atoms with Crippen molar-refractivity contribution in [2.45, 2.75) is 6.54 Å². The molecule has 2 aromatic carbocycles. The first-order valence-corrected chi connectivity index (χ1v) is 9.19. The van der Waals surface area contributed by atoms with E-state index in [9.17, 15) is 9.18 Å². The van der Waals surface area contributed by atoms with E-state index in [1.54, 1.807) is 60.9 Å². The number of ether oxygens (including phenoxy) is 1. The first-order chi connectivity index (χ1) is 14.7. The molecule has 0 fully saturated rings. The van der Waals surface area contributed by atoms with E-state index in [2.05, 4.69) is 20.4 Å². The summed E-state index contributed by atoms with van der Waals surface area (Å²) in [4.78, 5) is 21.7. The number of anilines is 1. The molecule has 0 spiro atoms. The van der Waals surface area contributed by atoms with E-state index in [0.29, 0.717) is 23.7 Å². The van der Waals surface area contributed by atoms with Crippen LogP contribution in [0, 0.1) is 5.82 Å². The highest BCUT2D eigenvalue weighted by atomic mass is 19.1. The standard InChI is InChI=1S/C22H18FN5O2/c1-30-19-5-3-2-4-18(19)21(29)28-22(25-14-15-6-8-17(23)9-7-15)26-20(27-28)16-10-12-24-13-11-16/h2-13H,14H2,1H3,(H,25,26,27). The maximum Gasteiger partial charge on any atom is 0.285 e. The van der Waals surface area contributed by atoms with Crippen LogP contribution in [0.15, 0.2) is 73.1 Å². The summed E-state index contributed by atoms with van der Waals surface area (Å²) >= 11 is 0. The van der Waals surface area contributed by atoms with Crippen LogP contribution in [0.5, 0.6) is 5.75 Å². The van der Waals surface area contributed by atoms with Crippen molar-refractivity contribution in [3.05, 3.63) is 90.0 Å². The summed E-state index contributed by atoms with van der Waals surface area (Å²) in [6.07, 6.45) is 3.26. The maximum atomic E-state index is 13.2. The third-order valence-electron chi connectivity index (χ3n) is 4.44. The normalized spacial score (nSPS) is 10.6. The second-order valence-corrected chi connectivity index (χ2v) is 6.39. The molecule has 0 radical (unpaired) electrons. The van der Waals surface area contributed by atoms with Crippen molar-refractivity contribution in [2.75, 3.05) is 12.4 Å². The molecule has 0 atom stereocenters. The van der Waals surface area contributed by atoms with E-state index in [1.807, 2.05) is 0 Å². The molecule has 0 unspecified atom stereocenters. The van der Waals surface area contributed by atoms with Gasteiger partial charge in [0.15, 0.2) is 5.82 Å². The van der Waals surface area contributed by atoms with Crippen molar-refractivity contribution in [3.8, 4) is 17.1 Å². The fraction of sp³-hybridized carbons (Fsp3) is 0.0909. The molecule has 2 heterocycles. The minimum absolute atomic E-state index is 0.266. The van der Waals surface area contributed by atoms with Gasteiger partial charge in [0.05, 0.1) is 12.7 Å². The van der Waals surface area contributed by atoms with Crippen LogP contribution in [0.2, 0.25) is 0 Å². The molecule has 4 aromatic rings. The van der Waals surface area contributed by atoms with Crippen LogP contribution < -0.4 is 10.1 Å². The highest BCUT2D eigenvalue weighted by Crippen LogP contribution is 2.23. The van der Waals surface area contributed by atoms with E-state index in [4.69, 9.17) is 4.74 Å². The summed E-state index contributed by atoms with van der Waals surface area (Å²) in [6, 6.07) is 16.5. The van der Waals surface area contributed by atoms with Crippen LogP contribution in [0.25, 0.3) is 11.4 Å². The number of hydrogen-bond donors (Lipinski definition) is 1. The Labute approximate surface area is 172 Å². The number of hydrogen-bond acceptors (Lipinski definition) is 6. The van der Waals surface area contributed by atoms with Crippen molar-refractivity contribution in [2.24, 2.45) is 0 Å². The zero-order chi connectivity index (χ0) is 20.9. The van der Waals surface area contributed by atoms with Crippen LogP contribution in [0.1, 0.15) is 15.9 Å². The molecule has 0 aliphatic carbocycles. The molecule has 0 aliphatic rings. The van der Waals surface area contributed by atoms with E-state index >= 15 is 0 Å². The number of halogens is 1. The Balaban J connectivity index is 1.70. The predicted octanol–water partition coefficient (Wildman–Crippen LogP) is 3.79. The SMILES string of the molecule is COc1ccccc1C(=O)n1nc(-c2ccncc2)nc1NCc1ccc(F)cc1. The Bertz CT molecular complexity index is 1160. The third-order valence-corrected chi connectivity index (χ3v) is 4.44. The molecule has 2 aromatic heterocycles. The molecular weight excluding hydrogens is 385 g/mol. The van der Waals surface area contributed by atoms with Gasteiger partial charge in [-0.15, -0.1) is 5.10 Å². The van der Waals surface area contributed by atoms with Crippen molar-refractivity contribution >= 4 is 11.9 Å². The molecule has 0 bridgehead atoms. The lowest BCUT2D eigenvalue weighted by Crippen LogP contribution is -2.18. The minimum Gasteiger partial charge on any atom is -0.496 e. The van der Waals surface area contributed by atoms with Crippen molar-refractivity contribution in [1.82, 2.24) is 19.7 Å². The fourth-order valence-corrected chi connectivity index (χ4v) is 2.91. The lowest BCUT2D eigenvalue weighted by atomic mass is 10.2. The number of methoxy groups -OCH3 is 1. The van der Waals surface area contributed by atoms with Gasteiger partial charge in [-0.25, -0.2) is 4.39 Å². The summed E-state index contributed by atoms with van der Waals surface area (Å²) in [5.41, 5.74) is 1.92. The van der Waals surface area contributed by atoms with Crippen LogP contribution >= 0.6 is 0 Å². The van der Waals surface area contributed by atoms with E-state index in [1.165, 1.54) is 23.9 Å². The quantitative estimate of drug-likeness (QED) is 0.528. The zero-order valence-corrected chi connectivity index (χ0v) is 16.1. The summed E-state index contributed by atoms with van der Waals surface area (Å²) in [6.45, 7) is 0.341. The Morgan fingerprint density at radius 1 is 1.07 bits per heavy atom. The van der Waals surface area contributed by atoms with Gasteiger partial charge in [0.25, 0.3) is 5.91 Å². The van der Waals surface area contributed by atoms with Gasteiger partial charge in [-0.1, -0.05) is 24.3 Å². The van der Waals surface area contributed by atoms with Gasteiger partial charge in [0.1, 0.15) is 11.6 Å². The Hall–Kier alpha value is -4.07. The average molecular weight is 403 g/mol. The predicted molar refractivity (Wildman–Crippen MR) is 110 cm³/mol. The Morgan fingerprint density at radius 3 is 2.53 bits per heavy atom. The largest absolute Gasteiger partial charge is 0.496 e. The minimum atomic E-state index is -0.387. The van der Waals surface area contributed by atoms with Crippen LogP contribution in [-0.2, 0) is 6.54 Å². The first-order valence-electron chi connectivity index (χ1n) is 9.19. The number of aromatic nitrogens is 4. The number of nitrogens with zero attached hydrogens (tertiary/aromatic N) is 4. The number of carbonyl (C=O) groups excluding carboxylic acids is 1. The van der Waals surface area contributed by atoms with Crippen LogP contribution in [0.4, 0.5) is 10.3 Å². The van der Waals surface area contributed by atoms with Crippen LogP contribution in [0.3, 0.4) is 0 Å². The smallest absolute Gasteiger partial charge is 0.285 e. The topological polar surface area (TPSA) is 81.9 Å². The zero-order valence-electron chi connectivity index (χ0n) is 16.1. The first kappa shape index (κ1) is 19.3. The molecule has 4 rings (SSSR count). The molecular formula is C22H18FN5O2. The van der Waals surface area contributed by atoms with Gasteiger partial charge in [-0.05, 0) is 42.0 Å². The lowest BCUT2D eigenvalue weighted by molar-refractivity contribution is 0.0944. The van der Waals surface area contributed by atoms with Gasteiger partial charge < -0.3 is 10.1 Å². The van der Waals surface area contributed by atoms with Crippen molar-refractivity contribution in [3.63, 3.8) is 0 Å². The van der Waals surface area contributed by atoms with Crippen molar-refractivity contribution in [1.29, 1.82) is 0 Å². The van der Waals surface area contributed by atoms with Gasteiger partial charge in [0, 0.05) is 24.5 Å². The van der Waals surface area contributed by atoms with Gasteiger partial charge in [0.2, 0.25) is 5.95 Å². The Kier molecular flexibility index (Phi) is 5.47. The lowest BCUT2D eigenvalue weighted by Gasteiger charge is -2.10. The van der Waals surface area contributed by atoms with Gasteiger partial charge >= 0.3 is 0 Å².